The zero-order valence-electron chi connectivity index (χ0n) is 8.44. The van der Waals surface area contributed by atoms with Crippen molar-refractivity contribution in [3.8, 4) is 0 Å². The van der Waals surface area contributed by atoms with Crippen molar-refractivity contribution in [2.75, 3.05) is 19.4 Å². The average Bonchev–Trinajstić information content (AvgIpc) is 2.34. The topological polar surface area (TPSA) is 3.24 Å². The highest BCUT2D eigenvalue weighted by Gasteiger charge is 2.19. The van der Waals surface area contributed by atoms with Gasteiger partial charge < -0.3 is 4.90 Å². The van der Waals surface area contributed by atoms with Gasteiger partial charge in [-0.1, -0.05) is 0 Å². The van der Waals surface area contributed by atoms with E-state index in [1.54, 1.807) is 4.90 Å². The Morgan fingerprint density at radius 1 is 1.89 bits per heavy atom. The zero-order valence-corrected chi connectivity index (χ0v) is 6.19. The Labute approximate surface area is 66.2 Å². The van der Waals surface area contributed by atoms with Gasteiger partial charge in [0.25, 0.3) is 0 Å². The molecule has 0 bridgehead atoms. The van der Waals surface area contributed by atoms with Gasteiger partial charge in [0.2, 0.25) is 0 Å². The maximum Gasteiger partial charge on any atom is 0.0394 e. The van der Waals surface area contributed by atoms with Crippen LogP contribution < -0.4 is 0 Å². The Bertz CT molecular complexity index is 148. The first-order chi connectivity index (χ1) is 5.55. The summed E-state index contributed by atoms with van der Waals surface area (Å²) in [5.74, 6) is 0.553. The second-order valence-corrected chi connectivity index (χ2v) is 2.85. The largest absolute Gasteiger partial charge is 0.303 e. The van der Waals surface area contributed by atoms with Crippen molar-refractivity contribution in [1.82, 2.24) is 4.90 Å². The number of halogens is 1. The summed E-state index contributed by atoms with van der Waals surface area (Å²) >= 11 is 5.59. The monoisotopic (exact) mass is 150 g/mol. The third-order valence-corrected chi connectivity index (χ3v) is 2.04. The van der Waals surface area contributed by atoms with Gasteiger partial charge >= 0.3 is 0 Å². The number of hydrogen-bond acceptors (Lipinski definition) is 1. The fraction of sp³-hybridized carbons (Fsp3) is 1.00. The molecule has 0 spiro atoms. The van der Waals surface area contributed by atoms with Crippen molar-refractivity contribution < 1.29 is 4.11 Å². The van der Waals surface area contributed by atoms with Crippen LogP contribution in [0.4, 0.5) is 0 Å². The molecule has 0 aromatic heterocycles. The highest BCUT2D eigenvalue weighted by molar-refractivity contribution is 6.17. The van der Waals surface area contributed by atoms with Crippen molar-refractivity contribution >= 4 is 11.6 Å². The van der Waals surface area contributed by atoms with Gasteiger partial charge in [0.15, 0.2) is 0 Å². The predicted octanol–water partition coefficient (Wildman–Crippen LogP) is 1.71. The molecule has 1 nitrogen and oxygen atoms in total. The molecule has 1 rings (SSSR count). The van der Waals surface area contributed by atoms with E-state index in [9.17, 15) is 0 Å². The molecule has 1 saturated heterocycles. The van der Waals surface area contributed by atoms with E-state index in [0.717, 1.165) is 19.3 Å². The number of alkyl halides is 1. The standard InChI is InChI=1S/C7H14ClN/c1-9-6-2-3-7(9)4-5-8/h7H,2-6H2,1H3/t7-/m1/s1/i1D3. The summed E-state index contributed by atoms with van der Waals surface area (Å²) < 4.78 is 21.8. The maximum absolute atomic E-state index is 7.25. The van der Waals surface area contributed by atoms with Gasteiger partial charge in [0, 0.05) is 16.0 Å². The summed E-state index contributed by atoms with van der Waals surface area (Å²) in [6.45, 7) is -1.23. The third-order valence-electron chi connectivity index (χ3n) is 1.82. The molecule has 0 radical (unpaired) electrons. The van der Waals surface area contributed by atoms with E-state index in [4.69, 9.17) is 15.7 Å². The van der Waals surface area contributed by atoms with E-state index in [1.165, 1.54) is 0 Å². The van der Waals surface area contributed by atoms with Crippen LogP contribution in [0, 0.1) is 0 Å². The minimum Gasteiger partial charge on any atom is -0.303 e. The summed E-state index contributed by atoms with van der Waals surface area (Å²) in [6, 6.07) is 0.176. The predicted molar refractivity (Wildman–Crippen MR) is 41.0 cm³/mol. The minimum atomic E-state index is -1.92. The van der Waals surface area contributed by atoms with Gasteiger partial charge in [-0.15, -0.1) is 11.6 Å². The number of hydrogen-bond donors (Lipinski definition) is 0. The Kier molecular flexibility index (Phi) is 1.60. The highest BCUT2D eigenvalue weighted by atomic mass is 35.5. The molecule has 1 aliphatic rings. The summed E-state index contributed by atoms with van der Waals surface area (Å²) in [7, 11) is 0. The van der Waals surface area contributed by atoms with E-state index in [-0.39, 0.29) is 6.04 Å². The zero-order chi connectivity index (χ0) is 9.19. The molecule has 54 valence electrons. The average molecular weight is 151 g/mol. The lowest BCUT2D eigenvalue weighted by Gasteiger charge is -2.17. The lowest BCUT2D eigenvalue weighted by atomic mass is 10.2. The molecular formula is C7H14ClN. The van der Waals surface area contributed by atoms with E-state index < -0.39 is 6.98 Å². The van der Waals surface area contributed by atoms with Gasteiger partial charge in [-0.2, -0.15) is 0 Å². The minimum absolute atomic E-state index is 0.176. The lowest BCUT2D eigenvalue weighted by molar-refractivity contribution is 0.305. The third kappa shape index (κ3) is 1.84. The van der Waals surface area contributed by atoms with Crippen LogP contribution in [0.15, 0.2) is 0 Å². The van der Waals surface area contributed by atoms with E-state index in [0.29, 0.717) is 12.4 Å². The Hall–Kier alpha value is 0.250. The molecule has 1 atom stereocenters. The molecule has 0 aliphatic carbocycles. The number of likely N-dealkylation sites (tertiary alicyclic amines) is 1. The van der Waals surface area contributed by atoms with Gasteiger partial charge in [-0.25, -0.2) is 0 Å². The van der Waals surface area contributed by atoms with Crippen molar-refractivity contribution in [3.63, 3.8) is 0 Å². The van der Waals surface area contributed by atoms with Crippen molar-refractivity contribution in [2.45, 2.75) is 25.3 Å². The fourth-order valence-corrected chi connectivity index (χ4v) is 1.51. The molecular weight excluding hydrogens is 134 g/mol. The summed E-state index contributed by atoms with van der Waals surface area (Å²) in [5.41, 5.74) is 0. The van der Waals surface area contributed by atoms with E-state index in [1.807, 2.05) is 0 Å². The van der Waals surface area contributed by atoms with Gasteiger partial charge in [0.1, 0.15) is 0 Å². The van der Waals surface area contributed by atoms with Crippen LogP contribution in [0.2, 0.25) is 0 Å². The van der Waals surface area contributed by atoms with Crippen molar-refractivity contribution in [3.05, 3.63) is 0 Å². The molecule has 0 N–H and O–H groups in total. The lowest BCUT2D eigenvalue weighted by Crippen LogP contribution is -2.24. The van der Waals surface area contributed by atoms with Crippen molar-refractivity contribution in [2.24, 2.45) is 0 Å². The number of rotatable bonds is 2. The van der Waals surface area contributed by atoms with Crippen LogP contribution in [0.1, 0.15) is 23.4 Å². The van der Waals surface area contributed by atoms with Crippen molar-refractivity contribution in [1.29, 1.82) is 0 Å². The molecule has 1 aliphatic heterocycles. The maximum atomic E-state index is 7.25. The highest BCUT2D eigenvalue weighted by Crippen LogP contribution is 2.17. The summed E-state index contributed by atoms with van der Waals surface area (Å²) in [6.07, 6.45) is 2.75. The quantitative estimate of drug-likeness (QED) is 0.542. The number of nitrogens with zero attached hydrogens (tertiary/aromatic N) is 1. The van der Waals surface area contributed by atoms with Crippen LogP contribution >= 0.6 is 11.6 Å². The second-order valence-electron chi connectivity index (χ2n) is 2.47. The van der Waals surface area contributed by atoms with Gasteiger partial charge in [-0.3, -0.25) is 0 Å². The first-order valence-corrected chi connectivity index (χ1v) is 3.92. The Morgan fingerprint density at radius 2 is 2.78 bits per heavy atom. The Balaban J connectivity index is 2.52. The molecule has 1 heterocycles. The molecule has 0 amide bonds. The van der Waals surface area contributed by atoms with Crippen LogP contribution in [0.5, 0.6) is 0 Å². The summed E-state index contributed by atoms with van der Waals surface area (Å²) in [4.78, 5) is 1.59. The van der Waals surface area contributed by atoms with Crippen LogP contribution in [0.3, 0.4) is 0 Å². The molecule has 0 aromatic carbocycles. The molecule has 1 fully saturated rings. The molecule has 0 saturated carbocycles. The van der Waals surface area contributed by atoms with Gasteiger partial charge in [0.05, 0.1) is 0 Å². The summed E-state index contributed by atoms with van der Waals surface area (Å²) in [5, 5.41) is 0. The molecule has 2 heteroatoms. The molecule has 9 heavy (non-hydrogen) atoms. The second kappa shape index (κ2) is 3.43. The SMILES string of the molecule is [2H]C([2H])([2H])N1CCC[C@@H]1CCCl. The molecule has 0 unspecified atom stereocenters. The normalized spacial score (nSPS) is 35.7. The van der Waals surface area contributed by atoms with Crippen LogP contribution in [-0.4, -0.2) is 30.3 Å². The Morgan fingerprint density at radius 3 is 3.44 bits per heavy atom. The van der Waals surface area contributed by atoms with Crippen LogP contribution in [-0.2, 0) is 0 Å². The van der Waals surface area contributed by atoms with E-state index >= 15 is 0 Å². The van der Waals surface area contributed by atoms with Crippen LogP contribution in [0.25, 0.3) is 0 Å². The van der Waals surface area contributed by atoms with E-state index in [2.05, 4.69) is 0 Å². The first-order valence-electron chi connectivity index (χ1n) is 4.88. The smallest absolute Gasteiger partial charge is 0.0394 e. The molecule has 0 aromatic rings. The fourth-order valence-electron chi connectivity index (χ4n) is 1.26. The first kappa shape index (κ1) is 4.20. The van der Waals surface area contributed by atoms with Gasteiger partial charge in [-0.05, 0) is 32.8 Å².